The van der Waals surface area contributed by atoms with Crippen molar-refractivity contribution in [3.05, 3.63) is 28.7 Å². The van der Waals surface area contributed by atoms with Crippen LogP contribution in [0.3, 0.4) is 0 Å². The molecular formula is C15H13NO7S2. The van der Waals surface area contributed by atoms with Gasteiger partial charge < -0.3 is 19.7 Å². The predicted molar refractivity (Wildman–Crippen MR) is 93.6 cm³/mol. The summed E-state index contributed by atoms with van der Waals surface area (Å²) in [6, 6.07) is 4.70. The van der Waals surface area contributed by atoms with Crippen LogP contribution in [0.25, 0.3) is 6.08 Å². The Morgan fingerprint density at radius 3 is 2.60 bits per heavy atom. The SMILES string of the molecule is COc1cc(/C=C2\SC(=S)N(CC(=O)O)C2=O)ccc1OCC(=O)O. The van der Waals surface area contributed by atoms with Crippen molar-refractivity contribution in [2.24, 2.45) is 0 Å². The maximum Gasteiger partial charge on any atom is 0.341 e. The van der Waals surface area contributed by atoms with Gasteiger partial charge in [-0.15, -0.1) is 0 Å². The highest BCUT2D eigenvalue weighted by Gasteiger charge is 2.33. The molecule has 1 aromatic carbocycles. The Balaban J connectivity index is 2.23. The fourth-order valence-corrected chi connectivity index (χ4v) is 3.21. The van der Waals surface area contributed by atoms with Gasteiger partial charge in [-0.2, -0.15) is 0 Å². The quantitative estimate of drug-likeness (QED) is 0.533. The van der Waals surface area contributed by atoms with Crippen LogP contribution in [-0.4, -0.2) is 57.5 Å². The summed E-state index contributed by atoms with van der Waals surface area (Å²) in [7, 11) is 1.40. The van der Waals surface area contributed by atoms with Gasteiger partial charge in [0.15, 0.2) is 18.1 Å². The van der Waals surface area contributed by atoms with Crippen LogP contribution in [0.5, 0.6) is 11.5 Å². The first-order chi connectivity index (χ1) is 11.8. The molecule has 0 radical (unpaired) electrons. The smallest absolute Gasteiger partial charge is 0.341 e. The number of nitrogens with zero attached hydrogens (tertiary/aromatic N) is 1. The van der Waals surface area contributed by atoms with E-state index >= 15 is 0 Å². The number of thiocarbonyl (C=S) groups is 1. The minimum absolute atomic E-state index is 0.173. The molecule has 132 valence electrons. The number of carbonyl (C=O) groups excluding carboxylic acids is 1. The van der Waals surface area contributed by atoms with Crippen LogP contribution in [0.2, 0.25) is 0 Å². The van der Waals surface area contributed by atoms with Crippen molar-refractivity contribution in [3.63, 3.8) is 0 Å². The first kappa shape index (κ1) is 18.7. The van der Waals surface area contributed by atoms with E-state index in [2.05, 4.69) is 0 Å². The molecule has 1 aromatic rings. The van der Waals surface area contributed by atoms with Gasteiger partial charge in [0.05, 0.1) is 12.0 Å². The summed E-state index contributed by atoms with van der Waals surface area (Å²) >= 11 is 6.03. The van der Waals surface area contributed by atoms with E-state index in [0.29, 0.717) is 11.3 Å². The highest BCUT2D eigenvalue weighted by Crippen LogP contribution is 2.34. The van der Waals surface area contributed by atoms with E-state index in [1.165, 1.54) is 13.2 Å². The van der Waals surface area contributed by atoms with Crippen molar-refractivity contribution in [2.45, 2.75) is 0 Å². The molecule has 1 saturated heterocycles. The summed E-state index contributed by atoms with van der Waals surface area (Å²) in [5, 5.41) is 17.5. The van der Waals surface area contributed by atoms with Gasteiger partial charge in [-0.1, -0.05) is 30.0 Å². The molecule has 0 bridgehead atoms. The molecular weight excluding hydrogens is 370 g/mol. The second-order valence-electron chi connectivity index (χ2n) is 4.75. The molecule has 8 nitrogen and oxygen atoms in total. The Morgan fingerprint density at radius 2 is 2.00 bits per heavy atom. The lowest BCUT2D eigenvalue weighted by Crippen LogP contribution is -2.33. The number of ether oxygens (including phenoxy) is 2. The monoisotopic (exact) mass is 383 g/mol. The summed E-state index contributed by atoms with van der Waals surface area (Å²) < 4.78 is 10.4. The van der Waals surface area contributed by atoms with E-state index in [4.69, 9.17) is 31.9 Å². The number of aliphatic carboxylic acids is 2. The molecule has 25 heavy (non-hydrogen) atoms. The van der Waals surface area contributed by atoms with Crippen molar-refractivity contribution in [3.8, 4) is 11.5 Å². The largest absolute Gasteiger partial charge is 0.493 e. The van der Waals surface area contributed by atoms with E-state index in [1.807, 2.05) is 0 Å². The van der Waals surface area contributed by atoms with Crippen LogP contribution >= 0.6 is 24.0 Å². The summed E-state index contributed by atoms with van der Waals surface area (Å²) in [5.74, 6) is -2.20. The second-order valence-corrected chi connectivity index (χ2v) is 6.43. The van der Waals surface area contributed by atoms with Crippen molar-refractivity contribution in [2.75, 3.05) is 20.3 Å². The molecule has 1 aliphatic heterocycles. The molecule has 1 fully saturated rings. The summed E-state index contributed by atoms with van der Waals surface area (Å²) in [5.41, 5.74) is 0.593. The summed E-state index contributed by atoms with van der Waals surface area (Å²) in [6.45, 7) is -1.00. The lowest BCUT2D eigenvalue weighted by molar-refractivity contribution is -0.140. The van der Waals surface area contributed by atoms with Crippen molar-refractivity contribution in [1.82, 2.24) is 4.90 Å². The highest BCUT2D eigenvalue weighted by molar-refractivity contribution is 8.26. The van der Waals surface area contributed by atoms with E-state index in [9.17, 15) is 14.4 Å². The lowest BCUT2D eigenvalue weighted by atomic mass is 10.2. The van der Waals surface area contributed by atoms with Gasteiger partial charge in [-0.25, -0.2) is 4.79 Å². The Bertz CT molecular complexity index is 775. The number of rotatable bonds is 7. The standard InChI is InChI=1S/C15H13NO7S2/c1-22-10-4-8(2-3-9(10)23-7-13(19)20)5-11-14(21)16(6-12(17)18)15(24)25-11/h2-5H,6-7H2,1H3,(H,17,18)(H,19,20)/b11-5-. The Kier molecular flexibility index (Phi) is 5.99. The van der Waals surface area contributed by atoms with Crippen LogP contribution in [0, 0.1) is 0 Å². The maximum atomic E-state index is 12.2. The number of carbonyl (C=O) groups is 3. The van der Waals surface area contributed by atoms with Gasteiger partial charge in [0.1, 0.15) is 10.9 Å². The molecule has 2 rings (SSSR count). The summed E-state index contributed by atoms with van der Waals surface area (Å²) in [4.78, 5) is 34.9. The zero-order valence-electron chi connectivity index (χ0n) is 12.9. The number of carboxylic acids is 2. The third-order valence-electron chi connectivity index (χ3n) is 3.00. The molecule has 1 heterocycles. The Labute approximate surface area is 152 Å². The van der Waals surface area contributed by atoms with Crippen molar-refractivity contribution < 1.29 is 34.1 Å². The molecule has 0 aromatic heterocycles. The second kappa shape index (κ2) is 7.99. The van der Waals surface area contributed by atoms with Crippen LogP contribution in [0.1, 0.15) is 5.56 Å². The molecule has 0 atom stereocenters. The van der Waals surface area contributed by atoms with Crippen LogP contribution in [0.4, 0.5) is 0 Å². The number of amides is 1. The van der Waals surface area contributed by atoms with Crippen LogP contribution in [-0.2, 0) is 14.4 Å². The number of benzene rings is 1. The fourth-order valence-electron chi connectivity index (χ4n) is 1.96. The Hall–Kier alpha value is -2.59. The first-order valence-corrected chi connectivity index (χ1v) is 8.04. The lowest BCUT2D eigenvalue weighted by Gasteiger charge is -2.10. The maximum absolute atomic E-state index is 12.2. The van der Waals surface area contributed by atoms with Gasteiger partial charge in [-0.05, 0) is 23.8 Å². The third-order valence-corrected chi connectivity index (χ3v) is 4.38. The minimum Gasteiger partial charge on any atom is -0.493 e. The number of hydrogen-bond acceptors (Lipinski definition) is 7. The molecule has 10 heteroatoms. The molecule has 1 amide bonds. The number of methoxy groups -OCH3 is 1. The molecule has 1 aliphatic rings. The Morgan fingerprint density at radius 1 is 1.28 bits per heavy atom. The van der Waals surface area contributed by atoms with Crippen molar-refractivity contribution >= 4 is 52.2 Å². The number of thioether (sulfide) groups is 1. The number of hydrogen-bond donors (Lipinski definition) is 2. The topological polar surface area (TPSA) is 113 Å². The van der Waals surface area contributed by atoms with E-state index in [0.717, 1.165) is 16.7 Å². The van der Waals surface area contributed by atoms with Crippen LogP contribution < -0.4 is 9.47 Å². The van der Waals surface area contributed by atoms with E-state index < -0.39 is 31.0 Å². The summed E-state index contributed by atoms with van der Waals surface area (Å²) in [6.07, 6.45) is 1.55. The molecule has 0 saturated carbocycles. The van der Waals surface area contributed by atoms with Gasteiger partial charge in [0.25, 0.3) is 5.91 Å². The predicted octanol–water partition coefficient (Wildman–Crippen LogP) is 1.44. The molecule has 2 N–H and O–H groups in total. The highest BCUT2D eigenvalue weighted by atomic mass is 32.2. The average molecular weight is 383 g/mol. The zero-order valence-corrected chi connectivity index (χ0v) is 14.6. The van der Waals surface area contributed by atoms with Crippen LogP contribution in [0.15, 0.2) is 23.1 Å². The van der Waals surface area contributed by atoms with Gasteiger partial charge in [-0.3, -0.25) is 14.5 Å². The fraction of sp³-hybridized carbons (Fsp3) is 0.200. The van der Waals surface area contributed by atoms with Gasteiger partial charge in [0, 0.05) is 0 Å². The van der Waals surface area contributed by atoms with E-state index in [-0.39, 0.29) is 15.0 Å². The van der Waals surface area contributed by atoms with E-state index in [1.54, 1.807) is 18.2 Å². The van der Waals surface area contributed by atoms with Gasteiger partial charge >= 0.3 is 11.9 Å². The van der Waals surface area contributed by atoms with Gasteiger partial charge in [0.2, 0.25) is 0 Å². The normalized spacial score (nSPS) is 15.6. The zero-order chi connectivity index (χ0) is 18.6. The minimum atomic E-state index is -1.15. The third kappa shape index (κ3) is 4.70. The molecule has 0 unspecified atom stereocenters. The molecule has 0 spiro atoms. The number of carboxylic acid groups (broad SMARTS) is 2. The average Bonchev–Trinajstić information content (AvgIpc) is 2.80. The van der Waals surface area contributed by atoms with Crippen molar-refractivity contribution in [1.29, 1.82) is 0 Å². The molecule has 0 aliphatic carbocycles. The first-order valence-electron chi connectivity index (χ1n) is 6.81.